The molecule has 0 atom stereocenters. The van der Waals surface area contributed by atoms with Crippen molar-refractivity contribution in [1.82, 2.24) is 9.13 Å². The van der Waals surface area contributed by atoms with Gasteiger partial charge in [0.2, 0.25) is 0 Å². The zero-order chi connectivity index (χ0) is 40.1. The first-order valence-corrected chi connectivity index (χ1v) is 21.2. The molecule has 0 spiro atoms. The molecule has 0 bridgehead atoms. The highest BCUT2D eigenvalue weighted by atomic mass is 15.0. The summed E-state index contributed by atoms with van der Waals surface area (Å²) in [5, 5.41) is 7.45. The highest BCUT2D eigenvalue weighted by molar-refractivity contribution is 6.18. The second-order valence-corrected chi connectivity index (χ2v) is 16.4. The zero-order valence-corrected chi connectivity index (χ0v) is 33.3. The quantitative estimate of drug-likeness (QED) is 0.165. The molecule has 61 heavy (non-hydrogen) atoms. The van der Waals surface area contributed by atoms with Gasteiger partial charge in [0.1, 0.15) is 0 Å². The molecule has 0 unspecified atom stereocenters. The van der Waals surface area contributed by atoms with Gasteiger partial charge in [-0.25, -0.2) is 0 Å². The maximum Gasteiger partial charge on any atom is 0.0714 e. The standard InChI is InChI=1S/C59H38N2/c1-4-19-42(20-5-1)59(43-21-6-2-7-22-43)51-28-14-12-27-48(51)57-52(59)34-33-47-50-38-41(32-36-56(50)61(58(47)57)53-30-16-18-39-17-10-11-25-45(39)53)40-31-35-55-49(37-40)46-26-13-15-29-54(46)60(55)44-23-8-3-9-24-44/h1-38H. The summed E-state index contributed by atoms with van der Waals surface area (Å²) < 4.78 is 4.95. The third-order valence-electron chi connectivity index (χ3n) is 13.4. The number of nitrogens with zero attached hydrogens (tertiary/aromatic N) is 2. The Morgan fingerprint density at radius 1 is 0.328 bits per heavy atom. The van der Waals surface area contributed by atoms with Crippen LogP contribution >= 0.6 is 0 Å². The second-order valence-electron chi connectivity index (χ2n) is 16.4. The number of fused-ring (bicyclic) bond motifs is 11. The molecule has 0 amide bonds. The van der Waals surface area contributed by atoms with Crippen molar-refractivity contribution >= 4 is 54.4 Å². The molecule has 2 nitrogen and oxygen atoms in total. The lowest BCUT2D eigenvalue weighted by molar-refractivity contribution is 0.769. The molecular weight excluding hydrogens is 737 g/mol. The van der Waals surface area contributed by atoms with E-state index in [9.17, 15) is 0 Å². The van der Waals surface area contributed by atoms with Crippen LogP contribution in [0.15, 0.2) is 231 Å². The van der Waals surface area contributed by atoms with Crippen LogP contribution in [0.2, 0.25) is 0 Å². The van der Waals surface area contributed by atoms with Crippen LogP contribution in [-0.4, -0.2) is 9.13 Å². The lowest BCUT2D eigenvalue weighted by Crippen LogP contribution is -2.28. The summed E-state index contributed by atoms with van der Waals surface area (Å²) in [7, 11) is 0. The zero-order valence-electron chi connectivity index (χ0n) is 33.3. The summed E-state index contributed by atoms with van der Waals surface area (Å²) in [4.78, 5) is 0. The van der Waals surface area contributed by atoms with Crippen LogP contribution < -0.4 is 0 Å². The molecule has 10 aromatic carbocycles. The topological polar surface area (TPSA) is 9.86 Å². The highest BCUT2D eigenvalue weighted by Crippen LogP contribution is 2.59. The lowest BCUT2D eigenvalue weighted by atomic mass is 9.67. The fraction of sp³-hybridized carbons (Fsp3) is 0.0169. The van der Waals surface area contributed by atoms with Crippen LogP contribution in [0.25, 0.3) is 88.0 Å². The Balaban J connectivity index is 1.13. The van der Waals surface area contributed by atoms with E-state index in [2.05, 4.69) is 240 Å². The van der Waals surface area contributed by atoms with E-state index in [1.165, 1.54) is 110 Å². The maximum atomic E-state index is 2.56. The number of aromatic nitrogens is 2. The molecule has 1 aliphatic carbocycles. The average molecular weight is 775 g/mol. The van der Waals surface area contributed by atoms with Gasteiger partial charge in [-0.1, -0.05) is 182 Å². The first kappa shape index (κ1) is 34.0. The van der Waals surface area contributed by atoms with Crippen molar-refractivity contribution in [2.75, 3.05) is 0 Å². The van der Waals surface area contributed by atoms with Crippen LogP contribution in [0.4, 0.5) is 0 Å². The van der Waals surface area contributed by atoms with Gasteiger partial charge in [-0.2, -0.15) is 0 Å². The third-order valence-corrected chi connectivity index (χ3v) is 13.4. The molecular formula is C59H38N2. The summed E-state index contributed by atoms with van der Waals surface area (Å²) in [5.74, 6) is 0. The molecule has 2 heteroatoms. The minimum atomic E-state index is -0.498. The van der Waals surface area contributed by atoms with E-state index in [0.29, 0.717) is 0 Å². The number of hydrogen-bond donors (Lipinski definition) is 0. The Morgan fingerprint density at radius 3 is 1.62 bits per heavy atom. The summed E-state index contributed by atoms with van der Waals surface area (Å²) in [6, 6.07) is 85.3. The summed E-state index contributed by atoms with van der Waals surface area (Å²) >= 11 is 0. The largest absolute Gasteiger partial charge is 0.309 e. The van der Waals surface area contributed by atoms with Gasteiger partial charge in [0.25, 0.3) is 0 Å². The van der Waals surface area contributed by atoms with E-state index < -0.39 is 5.41 Å². The first-order chi connectivity index (χ1) is 30.3. The minimum Gasteiger partial charge on any atom is -0.309 e. The summed E-state index contributed by atoms with van der Waals surface area (Å²) in [6.07, 6.45) is 0. The summed E-state index contributed by atoms with van der Waals surface area (Å²) in [6.45, 7) is 0. The van der Waals surface area contributed by atoms with Crippen molar-refractivity contribution in [3.05, 3.63) is 253 Å². The SMILES string of the molecule is c1ccc(-n2c3ccccc3c3cc(-c4ccc5c(c4)c4ccc6c(c4n5-c4cccc5ccccc45)-c4ccccc4C6(c4ccccc4)c4ccccc4)ccc32)cc1. The van der Waals surface area contributed by atoms with Gasteiger partial charge in [0.15, 0.2) is 0 Å². The molecule has 13 rings (SSSR count). The normalized spacial score (nSPS) is 13.0. The molecule has 2 heterocycles. The van der Waals surface area contributed by atoms with Gasteiger partial charge in [-0.3, -0.25) is 0 Å². The average Bonchev–Trinajstić information content (AvgIpc) is 3.96. The molecule has 2 aromatic heterocycles. The molecule has 0 saturated carbocycles. The van der Waals surface area contributed by atoms with E-state index in [4.69, 9.17) is 0 Å². The van der Waals surface area contributed by atoms with E-state index in [1.54, 1.807) is 0 Å². The van der Waals surface area contributed by atoms with Crippen LogP contribution in [0, 0.1) is 0 Å². The molecule has 0 radical (unpaired) electrons. The molecule has 0 saturated heterocycles. The molecule has 0 aliphatic heterocycles. The fourth-order valence-electron chi connectivity index (χ4n) is 10.9. The van der Waals surface area contributed by atoms with E-state index >= 15 is 0 Å². The molecule has 0 fully saturated rings. The Hall–Kier alpha value is -7.94. The van der Waals surface area contributed by atoms with Gasteiger partial charge >= 0.3 is 0 Å². The molecule has 284 valence electrons. The molecule has 12 aromatic rings. The van der Waals surface area contributed by atoms with E-state index in [0.717, 1.165) is 0 Å². The lowest BCUT2D eigenvalue weighted by Gasteiger charge is -2.33. The van der Waals surface area contributed by atoms with Crippen LogP contribution in [0.3, 0.4) is 0 Å². The molecule has 0 N–H and O–H groups in total. The van der Waals surface area contributed by atoms with Crippen molar-refractivity contribution < 1.29 is 0 Å². The van der Waals surface area contributed by atoms with Gasteiger partial charge in [-0.05, 0) is 92.9 Å². The summed E-state index contributed by atoms with van der Waals surface area (Å²) in [5.41, 5.74) is 16.8. The van der Waals surface area contributed by atoms with Gasteiger partial charge < -0.3 is 9.13 Å². The highest BCUT2D eigenvalue weighted by Gasteiger charge is 2.47. The monoisotopic (exact) mass is 774 g/mol. The van der Waals surface area contributed by atoms with Crippen LogP contribution in [-0.2, 0) is 5.41 Å². The Bertz CT molecular complexity index is 3640. The van der Waals surface area contributed by atoms with Crippen molar-refractivity contribution in [3.63, 3.8) is 0 Å². The van der Waals surface area contributed by atoms with Gasteiger partial charge in [-0.15, -0.1) is 0 Å². The fourth-order valence-corrected chi connectivity index (χ4v) is 10.9. The van der Waals surface area contributed by atoms with Crippen LogP contribution in [0.1, 0.15) is 22.3 Å². The minimum absolute atomic E-state index is 0.498. The smallest absolute Gasteiger partial charge is 0.0714 e. The Labute approximate surface area is 353 Å². The number of rotatable bonds is 5. The predicted octanol–water partition coefficient (Wildman–Crippen LogP) is 15.1. The second kappa shape index (κ2) is 13.0. The van der Waals surface area contributed by atoms with Crippen molar-refractivity contribution in [1.29, 1.82) is 0 Å². The van der Waals surface area contributed by atoms with E-state index in [-0.39, 0.29) is 0 Å². The number of para-hydroxylation sites is 2. The van der Waals surface area contributed by atoms with Crippen LogP contribution in [0.5, 0.6) is 0 Å². The van der Waals surface area contributed by atoms with Gasteiger partial charge in [0.05, 0.1) is 33.2 Å². The van der Waals surface area contributed by atoms with E-state index in [1.807, 2.05) is 0 Å². The van der Waals surface area contributed by atoms with Crippen molar-refractivity contribution in [3.8, 4) is 33.6 Å². The Morgan fingerprint density at radius 2 is 0.885 bits per heavy atom. The first-order valence-electron chi connectivity index (χ1n) is 21.2. The van der Waals surface area contributed by atoms with Crippen molar-refractivity contribution in [2.24, 2.45) is 0 Å². The predicted molar refractivity (Wildman–Crippen MR) is 255 cm³/mol. The Kier molecular flexibility index (Phi) is 7.26. The van der Waals surface area contributed by atoms with Gasteiger partial charge in [0, 0.05) is 38.2 Å². The van der Waals surface area contributed by atoms with Crippen molar-refractivity contribution in [2.45, 2.75) is 5.41 Å². The number of hydrogen-bond acceptors (Lipinski definition) is 0. The maximum absolute atomic E-state index is 2.56. The molecule has 1 aliphatic rings. The third kappa shape index (κ3) is 4.73. The number of benzene rings is 10.